The number of aryl methyl sites for hydroxylation is 2. The molecule has 0 bridgehead atoms. The molecule has 3 aromatic rings. The van der Waals surface area contributed by atoms with E-state index in [0.717, 1.165) is 16.8 Å². The van der Waals surface area contributed by atoms with Crippen molar-refractivity contribution in [2.24, 2.45) is 0 Å². The first kappa shape index (κ1) is 13.4. The summed E-state index contributed by atoms with van der Waals surface area (Å²) < 4.78 is 7.56. The highest BCUT2D eigenvalue weighted by Crippen LogP contribution is 2.18. The van der Waals surface area contributed by atoms with Gasteiger partial charge in [0.15, 0.2) is 0 Å². The molecule has 1 heterocycles. The van der Waals surface area contributed by atoms with Crippen molar-refractivity contribution in [3.63, 3.8) is 0 Å². The maximum Gasteiger partial charge on any atom is 0.121 e. The summed E-state index contributed by atoms with van der Waals surface area (Å²) in [6, 6.07) is 11.6. The number of nitrogens with two attached hydrogens (primary N) is 1. The lowest BCUT2D eigenvalue weighted by molar-refractivity contribution is 0.292. The number of anilines is 1. The van der Waals surface area contributed by atoms with Crippen molar-refractivity contribution >= 4 is 16.7 Å². The largest absolute Gasteiger partial charge is 0.492 e. The Bertz CT molecular complexity index is 779. The van der Waals surface area contributed by atoms with E-state index in [-0.39, 0.29) is 0 Å². The van der Waals surface area contributed by atoms with Crippen LogP contribution in [0, 0.1) is 13.8 Å². The van der Waals surface area contributed by atoms with Gasteiger partial charge in [0.05, 0.1) is 12.1 Å². The number of benzene rings is 2. The van der Waals surface area contributed by atoms with E-state index in [4.69, 9.17) is 10.5 Å². The molecule has 3 rings (SSSR count). The first-order chi connectivity index (χ1) is 10.1. The van der Waals surface area contributed by atoms with Gasteiger partial charge in [0.1, 0.15) is 17.9 Å². The van der Waals surface area contributed by atoms with Crippen LogP contribution in [-0.2, 0) is 6.54 Å². The maximum atomic E-state index is 5.72. The number of aromatic nitrogens is 3. The molecule has 5 nitrogen and oxygen atoms in total. The molecule has 2 aromatic carbocycles. The van der Waals surface area contributed by atoms with Gasteiger partial charge in [0, 0.05) is 11.8 Å². The summed E-state index contributed by atoms with van der Waals surface area (Å²) in [4.78, 5) is 0. The van der Waals surface area contributed by atoms with E-state index in [2.05, 4.69) is 36.3 Å². The lowest BCUT2D eigenvalue weighted by Crippen LogP contribution is -2.09. The van der Waals surface area contributed by atoms with Crippen molar-refractivity contribution in [3.05, 3.63) is 47.5 Å². The molecule has 21 heavy (non-hydrogen) atoms. The van der Waals surface area contributed by atoms with Crippen molar-refractivity contribution in [2.45, 2.75) is 20.4 Å². The van der Waals surface area contributed by atoms with Crippen molar-refractivity contribution in [3.8, 4) is 5.75 Å². The van der Waals surface area contributed by atoms with Gasteiger partial charge in [-0.25, -0.2) is 4.68 Å². The number of nitrogen functional groups attached to an aromatic ring is 1. The Hall–Kier alpha value is -2.56. The Kier molecular flexibility index (Phi) is 3.48. The first-order valence-corrected chi connectivity index (χ1v) is 6.92. The second-order valence-electron chi connectivity index (χ2n) is 5.16. The van der Waals surface area contributed by atoms with Gasteiger partial charge in [-0.2, -0.15) is 0 Å². The van der Waals surface area contributed by atoms with Crippen LogP contribution in [0.2, 0.25) is 0 Å². The third-order valence-electron chi connectivity index (χ3n) is 3.56. The van der Waals surface area contributed by atoms with Crippen LogP contribution in [0.3, 0.4) is 0 Å². The Balaban J connectivity index is 1.72. The van der Waals surface area contributed by atoms with E-state index in [9.17, 15) is 0 Å². The van der Waals surface area contributed by atoms with Gasteiger partial charge in [-0.1, -0.05) is 11.3 Å². The van der Waals surface area contributed by atoms with Crippen molar-refractivity contribution in [2.75, 3.05) is 12.3 Å². The monoisotopic (exact) mass is 282 g/mol. The molecule has 5 heteroatoms. The summed E-state index contributed by atoms with van der Waals surface area (Å²) >= 11 is 0. The normalized spacial score (nSPS) is 11.0. The molecule has 0 aliphatic rings. The van der Waals surface area contributed by atoms with Gasteiger partial charge in [-0.05, 0) is 49.2 Å². The molecule has 1 aromatic heterocycles. The number of hydrogen-bond donors (Lipinski definition) is 1. The summed E-state index contributed by atoms with van der Waals surface area (Å²) in [5.41, 5.74) is 10.8. The van der Waals surface area contributed by atoms with Crippen molar-refractivity contribution in [1.29, 1.82) is 0 Å². The van der Waals surface area contributed by atoms with E-state index in [0.29, 0.717) is 18.8 Å². The molecular weight excluding hydrogens is 264 g/mol. The van der Waals surface area contributed by atoms with Crippen LogP contribution >= 0.6 is 0 Å². The maximum absolute atomic E-state index is 5.72. The molecular formula is C16H18N4O. The van der Waals surface area contributed by atoms with E-state index >= 15 is 0 Å². The minimum Gasteiger partial charge on any atom is -0.492 e. The minimum absolute atomic E-state index is 0.523. The molecule has 0 saturated heterocycles. The average Bonchev–Trinajstić information content (AvgIpc) is 2.82. The Morgan fingerprint density at radius 2 is 1.95 bits per heavy atom. The summed E-state index contributed by atoms with van der Waals surface area (Å²) in [6.07, 6.45) is 0. The molecule has 0 unspecified atom stereocenters. The first-order valence-electron chi connectivity index (χ1n) is 6.92. The lowest BCUT2D eigenvalue weighted by Gasteiger charge is -2.07. The molecule has 2 N–H and O–H groups in total. The van der Waals surface area contributed by atoms with Gasteiger partial charge < -0.3 is 10.5 Å². The smallest absolute Gasteiger partial charge is 0.121 e. The zero-order valence-electron chi connectivity index (χ0n) is 12.2. The fourth-order valence-corrected chi connectivity index (χ4v) is 2.24. The average molecular weight is 282 g/mol. The van der Waals surface area contributed by atoms with E-state index in [1.807, 2.05) is 28.9 Å². The van der Waals surface area contributed by atoms with Gasteiger partial charge in [0.2, 0.25) is 0 Å². The van der Waals surface area contributed by atoms with Crippen molar-refractivity contribution < 1.29 is 4.74 Å². The van der Waals surface area contributed by atoms with Gasteiger partial charge in [0.25, 0.3) is 0 Å². The molecule has 0 saturated carbocycles. The minimum atomic E-state index is 0.523. The van der Waals surface area contributed by atoms with E-state index in [1.165, 1.54) is 11.1 Å². The standard InChI is InChI=1S/C16H18N4O/c1-11-8-15-16(9-12(11)2)20(19-18-15)6-7-21-14-5-3-4-13(17)10-14/h3-5,8-10H,6-7,17H2,1-2H3. The zero-order valence-corrected chi connectivity index (χ0v) is 12.2. The fourth-order valence-electron chi connectivity index (χ4n) is 2.24. The van der Waals surface area contributed by atoms with Gasteiger partial charge >= 0.3 is 0 Å². The van der Waals surface area contributed by atoms with Crippen molar-refractivity contribution in [1.82, 2.24) is 15.0 Å². The predicted molar refractivity (Wildman–Crippen MR) is 83.4 cm³/mol. The third kappa shape index (κ3) is 2.81. The van der Waals surface area contributed by atoms with Crippen LogP contribution in [-0.4, -0.2) is 21.6 Å². The SMILES string of the molecule is Cc1cc2nnn(CCOc3cccc(N)c3)c2cc1C. The number of ether oxygens (including phenoxy) is 1. The zero-order chi connectivity index (χ0) is 14.8. The molecule has 0 spiro atoms. The predicted octanol–water partition coefficient (Wildman–Crippen LogP) is 2.71. The molecule has 0 fully saturated rings. The van der Waals surface area contributed by atoms with Crippen LogP contribution in [0.1, 0.15) is 11.1 Å². The molecule has 0 aliphatic carbocycles. The van der Waals surface area contributed by atoms with Crippen LogP contribution in [0.25, 0.3) is 11.0 Å². The summed E-state index contributed by atoms with van der Waals surface area (Å²) in [5, 5.41) is 8.39. The second-order valence-corrected chi connectivity index (χ2v) is 5.16. The molecule has 0 radical (unpaired) electrons. The summed E-state index contributed by atoms with van der Waals surface area (Å²) in [7, 11) is 0. The molecule has 0 atom stereocenters. The molecule has 0 aliphatic heterocycles. The summed E-state index contributed by atoms with van der Waals surface area (Å²) in [6.45, 7) is 5.34. The topological polar surface area (TPSA) is 66.0 Å². The van der Waals surface area contributed by atoms with Crippen LogP contribution < -0.4 is 10.5 Å². The lowest BCUT2D eigenvalue weighted by atomic mass is 10.1. The highest BCUT2D eigenvalue weighted by atomic mass is 16.5. The number of nitrogens with zero attached hydrogens (tertiary/aromatic N) is 3. The number of hydrogen-bond acceptors (Lipinski definition) is 4. The number of fused-ring (bicyclic) bond motifs is 1. The number of rotatable bonds is 4. The Labute approximate surface area is 123 Å². The highest BCUT2D eigenvalue weighted by Gasteiger charge is 2.06. The summed E-state index contributed by atoms with van der Waals surface area (Å²) in [5.74, 6) is 0.770. The second kappa shape index (κ2) is 5.44. The van der Waals surface area contributed by atoms with Gasteiger partial charge in [-0.15, -0.1) is 5.10 Å². The molecule has 108 valence electrons. The van der Waals surface area contributed by atoms with Gasteiger partial charge in [-0.3, -0.25) is 0 Å². The quantitative estimate of drug-likeness (QED) is 0.747. The third-order valence-corrected chi connectivity index (χ3v) is 3.56. The fraction of sp³-hybridized carbons (Fsp3) is 0.250. The molecule has 0 amide bonds. The van der Waals surface area contributed by atoms with Crippen LogP contribution in [0.4, 0.5) is 5.69 Å². The highest BCUT2D eigenvalue weighted by molar-refractivity contribution is 5.76. The van der Waals surface area contributed by atoms with Crippen LogP contribution in [0.5, 0.6) is 5.75 Å². The Morgan fingerprint density at radius 3 is 2.76 bits per heavy atom. The van der Waals surface area contributed by atoms with Crippen LogP contribution in [0.15, 0.2) is 36.4 Å². The van der Waals surface area contributed by atoms with E-state index in [1.54, 1.807) is 0 Å². The van der Waals surface area contributed by atoms with E-state index < -0.39 is 0 Å². The Morgan fingerprint density at radius 1 is 1.14 bits per heavy atom.